The average Bonchev–Trinajstić information content (AvgIpc) is 2.92. The van der Waals surface area contributed by atoms with Gasteiger partial charge in [-0.05, 0) is 31.2 Å². The number of carbonyl (C=O) groups is 1. The van der Waals surface area contributed by atoms with E-state index >= 15 is 0 Å². The number of rotatable bonds is 3. The van der Waals surface area contributed by atoms with Crippen LogP contribution in [0.25, 0.3) is 5.69 Å². The highest BCUT2D eigenvalue weighted by molar-refractivity contribution is 6.33. The van der Waals surface area contributed by atoms with Crippen LogP contribution in [0.4, 0.5) is 5.69 Å². The molecule has 1 aromatic heterocycles. The Hall–Kier alpha value is -2.66. The lowest BCUT2D eigenvalue weighted by Gasteiger charge is -2.04. The van der Waals surface area contributed by atoms with Crippen LogP contribution in [0, 0.1) is 6.92 Å². The second kappa shape index (κ2) is 5.99. The van der Waals surface area contributed by atoms with Gasteiger partial charge >= 0.3 is 0 Å². The van der Waals surface area contributed by atoms with Crippen molar-refractivity contribution in [2.45, 2.75) is 6.92 Å². The van der Waals surface area contributed by atoms with E-state index in [4.69, 9.17) is 11.6 Å². The summed E-state index contributed by atoms with van der Waals surface area (Å²) in [5.41, 5.74) is 1.38. The first-order valence-corrected chi connectivity index (χ1v) is 7.08. The van der Waals surface area contributed by atoms with Crippen molar-refractivity contribution in [3.05, 3.63) is 71.3 Å². The third kappa shape index (κ3) is 2.84. The van der Waals surface area contributed by atoms with Crippen LogP contribution < -0.4 is 5.32 Å². The van der Waals surface area contributed by atoms with Gasteiger partial charge in [-0.15, -0.1) is 5.10 Å². The van der Waals surface area contributed by atoms with E-state index < -0.39 is 5.91 Å². The maximum absolute atomic E-state index is 12.3. The number of aryl methyl sites for hydroxylation is 1. The summed E-state index contributed by atoms with van der Waals surface area (Å²) in [6.07, 6.45) is 0. The Morgan fingerprint density at radius 1 is 1.09 bits per heavy atom. The largest absolute Gasteiger partial charge is 0.318 e. The van der Waals surface area contributed by atoms with E-state index in [0.29, 0.717) is 16.5 Å². The van der Waals surface area contributed by atoms with Crippen LogP contribution in [0.15, 0.2) is 54.6 Å². The summed E-state index contributed by atoms with van der Waals surface area (Å²) in [6.45, 7) is 1.80. The zero-order valence-electron chi connectivity index (χ0n) is 11.8. The number of hydrogen-bond acceptors (Lipinski definition) is 3. The number of aromatic nitrogens is 3. The minimum atomic E-state index is -0.397. The fourth-order valence-corrected chi connectivity index (χ4v) is 2.22. The van der Waals surface area contributed by atoms with Crippen molar-refractivity contribution >= 4 is 23.2 Å². The molecule has 6 heteroatoms. The third-order valence-electron chi connectivity index (χ3n) is 3.09. The summed E-state index contributed by atoms with van der Waals surface area (Å²) in [6, 6.07) is 16.5. The van der Waals surface area contributed by atoms with Crippen molar-refractivity contribution in [1.29, 1.82) is 0 Å². The summed E-state index contributed by atoms with van der Waals surface area (Å²) >= 11 is 6.03. The summed E-state index contributed by atoms with van der Waals surface area (Å²) in [5, 5.41) is 7.43. The number of amides is 1. The highest BCUT2D eigenvalue weighted by Crippen LogP contribution is 2.21. The van der Waals surface area contributed by atoms with E-state index in [9.17, 15) is 4.79 Å². The van der Waals surface area contributed by atoms with E-state index in [0.717, 1.165) is 5.69 Å². The Labute approximate surface area is 132 Å². The number of halogens is 1. The van der Waals surface area contributed by atoms with Crippen LogP contribution in [-0.2, 0) is 0 Å². The van der Waals surface area contributed by atoms with Crippen LogP contribution >= 0.6 is 11.6 Å². The SMILES string of the molecule is Cc1nc(C(=O)Nc2ccccc2Cl)nn1-c1ccccc1. The van der Waals surface area contributed by atoms with Crippen molar-refractivity contribution in [3.63, 3.8) is 0 Å². The Kier molecular flexibility index (Phi) is 3.89. The normalized spacial score (nSPS) is 10.5. The number of benzene rings is 2. The Bertz CT molecular complexity index is 814. The molecule has 0 spiro atoms. The van der Waals surface area contributed by atoms with Gasteiger partial charge in [0.1, 0.15) is 5.82 Å². The molecular weight excluding hydrogens is 300 g/mol. The number of nitrogens with zero attached hydrogens (tertiary/aromatic N) is 3. The molecule has 5 nitrogen and oxygen atoms in total. The van der Waals surface area contributed by atoms with Gasteiger partial charge in [-0.3, -0.25) is 4.79 Å². The molecule has 1 heterocycles. The first kappa shape index (κ1) is 14.3. The van der Waals surface area contributed by atoms with Crippen molar-refractivity contribution in [2.24, 2.45) is 0 Å². The predicted octanol–water partition coefficient (Wildman–Crippen LogP) is 3.48. The van der Waals surface area contributed by atoms with Crippen molar-refractivity contribution in [3.8, 4) is 5.69 Å². The van der Waals surface area contributed by atoms with Gasteiger partial charge in [0, 0.05) is 0 Å². The predicted molar refractivity (Wildman–Crippen MR) is 85.5 cm³/mol. The van der Waals surface area contributed by atoms with E-state index in [-0.39, 0.29) is 5.82 Å². The second-order valence-electron chi connectivity index (χ2n) is 4.66. The van der Waals surface area contributed by atoms with E-state index in [2.05, 4.69) is 15.4 Å². The van der Waals surface area contributed by atoms with Crippen LogP contribution in [0.5, 0.6) is 0 Å². The van der Waals surface area contributed by atoms with Gasteiger partial charge in [0.05, 0.1) is 16.4 Å². The number of nitrogens with one attached hydrogen (secondary N) is 1. The first-order chi connectivity index (χ1) is 10.6. The summed E-state index contributed by atoms with van der Waals surface area (Å²) in [4.78, 5) is 16.5. The van der Waals surface area contributed by atoms with Gasteiger partial charge in [0.15, 0.2) is 0 Å². The third-order valence-corrected chi connectivity index (χ3v) is 3.42. The smallest absolute Gasteiger partial charge is 0.295 e. The van der Waals surface area contributed by atoms with E-state index in [1.54, 1.807) is 35.9 Å². The number of para-hydroxylation sites is 2. The van der Waals surface area contributed by atoms with Crippen molar-refractivity contribution in [1.82, 2.24) is 14.8 Å². The number of carbonyl (C=O) groups excluding carboxylic acids is 1. The molecule has 0 radical (unpaired) electrons. The van der Waals surface area contributed by atoms with Crippen LogP contribution in [0.2, 0.25) is 5.02 Å². The molecule has 0 saturated carbocycles. The molecule has 22 heavy (non-hydrogen) atoms. The Morgan fingerprint density at radius 3 is 2.50 bits per heavy atom. The highest BCUT2D eigenvalue weighted by atomic mass is 35.5. The average molecular weight is 313 g/mol. The zero-order chi connectivity index (χ0) is 15.5. The fourth-order valence-electron chi connectivity index (χ4n) is 2.04. The molecule has 1 N–H and O–H groups in total. The molecular formula is C16H13ClN4O. The minimum absolute atomic E-state index is 0.0984. The lowest BCUT2D eigenvalue weighted by atomic mass is 10.3. The number of hydrogen-bond donors (Lipinski definition) is 1. The lowest BCUT2D eigenvalue weighted by Crippen LogP contribution is -2.14. The summed E-state index contributed by atoms with van der Waals surface area (Å²) in [7, 11) is 0. The molecule has 3 rings (SSSR count). The zero-order valence-corrected chi connectivity index (χ0v) is 12.6. The van der Waals surface area contributed by atoms with E-state index in [1.165, 1.54) is 0 Å². The summed E-state index contributed by atoms with van der Waals surface area (Å²) in [5.74, 6) is 0.336. The van der Waals surface area contributed by atoms with E-state index in [1.807, 2.05) is 30.3 Å². The monoisotopic (exact) mass is 312 g/mol. The van der Waals surface area contributed by atoms with Gasteiger partial charge in [0.2, 0.25) is 5.82 Å². The van der Waals surface area contributed by atoms with Gasteiger partial charge in [-0.25, -0.2) is 9.67 Å². The molecule has 0 atom stereocenters. The first-order valence-electron chi connectivity index (χ1n) is 6.70. The topological polar surface area (TPSA) is 59.8 Å². The molecule has 0 fully saturated rings. The van der Waals surface area contributed by atoms with Crippen LogP contribution in [0.1, 0.15) is 16.4 Å². The molecule has 0 unspecified atom stereocenters. The molecule has 0 aliphatic heterocycles. The molecule has 0 aliphatic rings. The van der Waals surface area contributed by atoms with Gasteiger partial charge in [-0.2, -0.15) is 0 Å². The van der Waals surface area contributed by atoms with Crippen molar-refractivity contribution < 1.29 is 4.79 Å². The molecule has 0 aliphatic carbocycles. The Balaban J connectivity index is 1.87. The summed E-state index contributed by atoms with van der Waals surface area (Å²) < 4.78 is 1.63. The second-order valence-corrected chi connectivity index (χ2v) is 5.07. The maximum atomic E-state index is 12.3. The number of anilines is 1. The van der Waals surface area contributed by atoms with Crippen LogP contribution in [0.3, 0.4) is 0 Å². The molecule has 1 amide bonds. The molecule has 110 valence electrons. The maximum Gasteiger partial charge on any atom is 0.295 e. The van der Waals surface area contributed by atoms with Gasteiger partial charge < -0.3 is 5.32 Å². The van der Waals surface area contributed by atoms with Crippen LogP contribution in [-0.4, -0.2) is 20.7 Å². The molecule has 0 bridgehead atoms. The fraction of sp³-hybridized carbons (Fsp3) is 0.0625. The standard InChI is InChI=1S/C16H13ClN4O/c1-11-18-15(20-21(11)12-7-3-2-4-8-12)16(22)19-14-10-6-5-9-13(14)17/h2-10H,1H3,(H,19,22). The van der Waals surface area contributed by atoms with Gasteiger partial charge in [0.25, 0.3) is 5.91 Å². The molecule has 3 aromatic rings. The van der Waals surface area contributed by atoms with Gasteiger partial charge in [-0.1, -0.05) is 41.9 Å². The van der Waals surface area contributed by atoms with Crippen molar-refractivity contribution in [2.75, 3.05) is 5.32 Å². The Morgan fingerprint density at radius 2 is 1.77 bits per heavy atom. The molecule has 2 aromatic carbocycles. The highest BCUT2D eigenvalue weighted by Gasteiger charge is 2.16. The quantitative estimate of drug-likeness (QED) is 0.805. The molecule has 0 saturated heterocycles. The lowest BCUT2D eigenvalue weighted by molar-refractivity contribution is 0.101. The minimum Gasteiger partial charge on any atom is -0.318 e.